The lowest BCUT2D eigenvalue weighted by atomic mass is 10.1. The van der Waals surface area contributed by atoms with Crippen LogP contribution >= 0.6 is 0 Å². The summed E-state index contributed by atoms with van der Waals surface area (Å²) in [7, 11) is 4.14. The molecule has 1 rings (SSSR count). The molecule has 0 aromatic rings. The third-order valence-corrected chi connectivity index (χ3v) is 1.87. The highest BCUT2D eigenvalue weighted by Crippen LogP contribution is 2.09. The summed E-state index contributed by atoms with van der Waals surface area (Å²) in [5.41, 5.74) is 0. The van der Waals surface area contributed by atoms with Crippen LogP contribution < -0.4 is 0 Å². The second kappa shape index (κ2) is 2.64. The van der Waals surface area contributed by atoms with E-state index in [-0.39, 0.29) is 6.73 Å². The van der Waals surface area contributed by atoms with E-state index in [4.69, 9.17) is 5.11 Å². The van der Waals surface area contributed by atoms with Crippen LogP contribution in [-0.2, 0) is 0 Å². The minimum atomic E-state index is 0.213. The molecule has 1 fully saturated rings. The van der Waals surface area contributed by atoms with Gasteiger partial charge in [-0.15, -0.1) is 0 Å². The Labute approximate surface area is 55.9 Å². The SMILES string of the molecule is CN(C)C1CN(CO)C1. The number of aliphatic hydroxyl groups is 1. The van der Waals surface area contributed by atoms with Crippen LogP contribution in [-0.4, -0.2) is 54.9 Å². The third kappa shape index (κ3) is 1.41. The van der Waals surface area contributed by atoms with Crippen LogP contribution in [0.25, 0.3) is 0 Å². The van der Waals surface area contributed by atoms with E-state index in [1.54, 1.807) is 0 Å². The molecule has 1 aliphatic rings. The Kier molecular flexibility index (Phi) is 2.05. The first-order chi connectivity index (χ1) is 4.24. The number of likely N-dealkylation sites (N-methyl/N-ethyl adjacent to an activating group) is 1. The summed E-state index contributed by atoms with van der Waals surface area (Å²) in [4.78, 5) is 4.19. The summed E-state index contributed by atoms with van der Waals surface area (Å²) in [6, 6.07) is 0.664. The lowest BCUT2D eigenvalue weighted by Crippen LogP contribution is -2.57. The molecule has 1 heterocycles. The quantitative estimate of drug-likeness (QED) is 0.529. The van der Waals surface area contributed by atoms with E-state index in [1.165, 1.54) is 0 Å². The highest BCUT2D eigenvalue weighted by atomic mass is 16.3. The minimum absolute atomic E-state index is 0.213. The fourth-order valence-corrected chi connectivity index (χ4v) is 0.985. The second-order valence-corrected chi connectivity index (χ2v) is 2.79. The second-order valence-electron chi connectivity index (χ2n) is 2.79. The van der Waals surface area contributed by atoms with Crippen molar-refractivity contribution in [3.8, 4) is 0 Å². The molecule has 0 aliphatic carbocycles. The number of rotatable bonds is 2. The largest absolute Gasteiger partial charge is 0.381 e. The minimum Gasteiger partial charge on any atom is -0.381 e. The zero-order chi connectivity index (χ0) is 6.85. The van der Waals surface area contributed by atoms with Crippen LogP contribution in [0.15, 0.2) is 0 Å². The lowest BCUT2D eigenvalue weighted by molar-refractivity contribution is -0.00288. The molecular formula is C6H14N2O. The molecule has 3 heteroatoms. The molecule has 0 aromatic heterocycles. The van der Waals surface area contributed by atoms with Gasteiger partial charge in [-0.3, -0.25) is 4.90 Å². The van der Waals surface area contributed by atoms with E-state index in [2.05, 4.69) is 19.0 Å². The van der Waals surface area contributed by atoms with Crippen molar-refractivity contribution in [1.82, 2.24) is 9.80 Å². The van der Waals surface area contributed by atoms with Gasteiger partial charge >= 0.3 is 0 Å². The van der Waals surface area contributed by atoms with E-state index in [0.717, 1.165) is 13.1 Å². The van der Waals surface area contributed by atoms with Gasteiger partial charge in [-0.25, -0.2) is 0 Å². The van der Waals surface area contributed by atoms with Crippen molar-refractivity contribution in [1.29, 1.82) is 0 Å². The average molecular weight is 130 g/mol. The van der Waals surface area contributed by atoms with Crippen LogP contribution in [0.4, 0.5) is 0 Å². The molecule has 1 aliphatic heterocycles. The molecule has 0 amide bonds. The van der Waals surface area contributed by atoms with Gasteiger partial charge in [0.25, 0.3) is 0 Å². The molecule has 1 N–H and O–H groups in total. The highest BCUT2D eigenvalue weighted by Gasteiger charge is 2.26. The highest BCUT2D eigenvalue weighted by molar-refractivity contribution is 4.83. The number of aliphatic hydroxyl groups excluding tert-OH is 1. The van der Waals surface area contributed by atoms with Gasteiger partial charge in [-0.1, -0.05) is 0 Å². The van der Waals surface area contributed by atoms with Gasteiger partial charge in [0.1, 0.15) is 0 Å². The number of likely N-dealkylation sites (tertiary alicyclic amines) is 1. The summed E-state index contributed by atoms with van der Waals surface area (Å²) < 4.78 is 0. The fourth-order valence-electron chi connectivity index (χ4n) is 0.985. The summed E-state index contributed by atoms with van der Waals surface area (Å²) in [5, 5.41) is 8.59. The Balaban J connectivity index is 2.12. The molecular weight excluding hydrogens is 116 g/mol. The van der Waals surface area contributed by atoms with Crippen molar-refractivity contribution in [3.63, 3.8) is 0 Å². The van der Waals surface area contributed by atoms with Gasteiger partial charge in [0.2, 0.25) is 0 Å². The first kappa shape index (κ1) is 6.99. The number of nitrogens with zero attached hydrogens (tertiary/aromatic N) is 2. The van der Waals surface area contributed by atoms with Crippen molar-refractivity contribution in [2.24, 2.45) is 0 Å². The van der Waals surface area contributed by atoms with E-state index in [0.29, 0.717) is 6.04 Å². The number of hydrogen-bond acceptors (Lipinski definition) is 3. The van der Waals surface area contributed by atoms with E-state index >= 15 is 0 Å². The van der Waals surface area contributed by atoms with Crippen molar-refractivity contribution in [3.05, 3.63) is 0 Å². The van der Waals surface area contributed by atoms with Crippen molar-refractivity contribution in [2.75, 3.05) is 33.9 Å². The van der Waals surface area contributed by atoms with Gasteiger partial charge in [0.05, 0.1) is 6.73 Å². The van der Waals surface area contributed by atoms with Crippen LogP contribution in [0.5, 0.6) is 0 Å². The molecule has 54 valence electrons. The van der Waals surface area contributed by atoms with Gasteiger partial charge in [0, 0.05) is 19.1 Å². The smallest absolute Gasteiger partial charge is 0.0957 e. The topological polar surface area (TPSA) is 26.7 Å². The summed E-state index contributed by atoms with van der Waals surface area (Å²) in [6.45, 7) is 2.25. The van der Waals surface area contributed by atoms with Crippen molar-refractivity contribution < 1.29 is 5.11 Å². The maximum Gasteiger partial charge on any atom is 0.0957 e. The van der Waals surface area contributed by atoms with E-state index in [1.807, 2.05) is 4.90 Å². The monoisotopic (exact) mass is 130 g/mol. The van der Waals surface area contributed by atoms with Crippen LogP contribution in [0.3, 0.4) is 0 Å². The maximum atomic E-state index is 8.59. The van der Waals surface area contributed by atoms with E-state index in [9.17, 15) is 0 Å². The predicted octanol–water partition coefficient (Wildman–Crippen LogP) is -0.818. The Morgan fingerprint density at radius 2 is 2.11 bits per heavy atom. The predicted molar refractivity (Wildman–Crippen MR) is 36.1 cm³/mol. The first-order valence-corrected chi connectivity index (χ1v) is 3.23. The standard InChI is InChI=1S/C6H14N2O/c1-7(2)6-3-8(4-6)5-9/h6,9H,3-5H2,1-2H3. The fraction of sp³-hybridized carbons (Fsp3) is 1.00. The molecule has 0 spiro atoms. The Bertz CT molecular complexity index is 89.1. The normalized spacial score (nSPS) is 22.7. The average Bonchev–Trinajstić information content (AvgIpc) is 1.61. The molecule has 9 heavy (non-hydrogen) atoms. The molecule has 3 nitrogen and oxygen atoms in total. The van der Waals surface area contributed by atoms with Gasteiger partial charge in [-0.2, -0.15) is 0 Å². The van der Waals surface area contributed by atoms with Gasteiger partial charge in [-0.05, 0) is 14.1 Å². The zero-order valence-electron chi connectivity index (χ0n) is 6.04. The molecule has 0 radical (unpaired) electrons. The Hall–Kier alpha value is -0.120. The van der Waals surface area contributed by atoms with Crippen LogP contribution in [0, 0.1) is 0 Å². The summed E-state index contributed by atoms with van der Waals surface area (Å²) >= 11 is 0. The summed E-state index contributed by atoms with van der Waals surface area (Å²) in [6.07, 6.45) is 0. The Morgan fingerprint density at radius 1 is 1.56 bits per heavy atom. The maximum absolute atomic E-state index is 8.59. The first-order valence-electron chi connectivity index (χ1n) is 3.23. The van der Waals surface area contributed by atoms with Crippen LogP contribution in [0.2, 0.25) is 0 Å². The Morgan fingerprint density at radius 3 is 2.44 bits per heavy atom. The third-order valence-electron chi connectivity index (χ3n) is 1.87. The summed E-state index contributed by atoms with van der Waals surface area (Å²) in [5.74, 6) is 0. The number of hydrogen-bond donors (Lipinski definition) is 1. The molecule has 0 atom stereocenters. The molecule has 0 saturated carbocycles. The molecule has 0 aromatic carbocycles. The van der Waals surface area contributed by atoms with Crippen molar-refractivity contribution in [2.45, 2.75) is 6.04 Å². The lowest BCUT2D eigenvalue weighted by Gasteiger charge is -2.41. The van der Waals surface area contributed by atoms with Gasteiger partial charge < -0.3 is 10.0 Å². The van der Waals surface area contributed by atoms with Gasteiger partial charge in [0.15, 0.2) is 0 Å². The molecule has 0 unspecified atom stereocenters. The molecule has 0 bridgehead atoms. The van der Waals surface area contributed by atoms with Crippen LogP contribution in [0.1, 0.15) is 0 Å². The molecule has 1 saturated heterocycles. The van der Waals surface area contributed by atoms with E-state index < -0.39 is 0 Å². The van der Waals surface area contributed by atoms with Crippen molar-refractivity contribution >= 4 is 0 Å². The zero-order valence-corrected chi connectivity index (χ0v) is 6.04.